The van der Waals surface area contributed by atoms with Gasteiger partial charge in [0.2, 0.25) is 5.91 Å². The molecular formula is C10H5ClFN3O. The Morgan fingerprint density at radius 2 is 2.19 bits per heavy atom. The van der Waals surface area contributed by atoms with Crippen molar-refractivity contribution in [2.24, 2.45) is 0 Å². The third-order valence-electron chi connectivity index (χ3n) is 1.69. The molecule has 0 radical (unpaired) electrons. The molecule has 0 unspecified atom stereocenters. The number of amides is 1. The third-order valence-corrected chi connectivity index (χ3v) is 1.98. The van der Waals surface area contributed by atoms with Gasteiger partial charge in [-0.3, -0.25) is 4.79 Å². The van der Waals surface area contributed by atoms with Crippen LogP contribution >= 0.6 is 11.6 Å². The topological polar surface area (TPSA) is 76.7 Å². The highest BCUT2D eigenvalue weighted by atomic mass is 35.5. The first kappa shape index (κ1) is 12.0. The Morgan fingerprint density at radius 1 is 1.50 bits per heavy atom. The quantitative estimate of drug-likeness (QED) is 0.857. The van der Waals surface area contributed by atoms with Crippen molar-refractivity contribution in [1.29, 1.82) is 10.5 Å². The summed E-state index contributed by atoms with van der Waals surface area (Å²) in [6.45, 7) is 0. The Hall–Kier alpha value is -2.11. The lowest BCUT2D eigenvalue weighted by Crippen LogP contribution is -2.11. The Labute approximate surface area is 95.9 Å². The zero-order valence-corrected chi connectivity index (χ0v) is 8.68. The lowest BCUT2D eigenvalue weighted by molar-refractivity contribution is -0.115. The lowest BCUT2D eigenvalue weighted by Gasteiger charge is -2.06. The molecule has 0 spiro atoms. The fourth-order valence-electron chi connectivity index (χ4n) is 1.01. The minimum Gasteiger partial charge on any atom is -0.324 e. The van der Waals surface area contributed by atoms with Gasteiger partial charge in [0.1, 0.15) is 18.3 Å². The Kier molecular flexibility index (Phi) is 3.82. The predicted molar refractivity (Wildman–Crippen MR) is 55.0 cm³/mol. The molecule has 1 N–H and O–H groups in total. The first-order valence-corrected chi connectivity index (χ1v) is 4.52. The normalized spacial score (nSPS) is 9.00. The van der Waals surface area contributed by atoms with Crippen molar-refractivity contribution in [3.8, 4) is 12.1 Å². The van der Waals surface area contributed by atoms with Crippen LogP contribution in [0.1, 0.15) is 12.0 Å². The standard InChI is InChI=1S/C10H5ClFN3O/c11-7-3-6(5-14)9(4-8(7)12)15-10(16)1-2-13/h3-4H,1H2,(H,15,16). The lowest BCUT2D eigenvalue weighted by atomic mass is 10.2. The molecule has 0 saturated carbocycles. The second-order valence-electron chi connectivity index (χ2n) is 2.81. The number of hydrogen-bond acceptors (Lipinski definition) is 3. The zero-order chi connectivity index (χ0) is 12.1. The van der Waals surface area contributed by atoms with Crippen LogP contribution in [0.3, 0.4) is 0 Å². The molecule has 6 heteroatoms. The molecule has 0 heterocycles. The largest absolute Gasteiger partial charge is 0.324 e. The molecular weight excluding hydrogens is 233 g/mol. The summed E-state index contributed by atoms with van der Waals surface area (Å²) < 4.78 is 13.1. The van der Waals surface area contributed by atoms with Crippen molar-refractivity contribution in [1.82, 2.24) is 0 Å². The van der Waals surface area contributed by atoms with Gasteiger partial charge in [0, 0.05) is 6.07 Å². The second kappa shape index (κ2) is 5.11. The van der Waals surface area contributed by atoms with Gasteiger partial charge in [0.25, 0.3) is 0 Å². The van der Waals surface area contributed by atoms with E-state index in [9.17, 15) is 9.18 Å². The third kappa shape index (κ3) is 2.69. The van der Waals surface area contributed by atoms with Crippen molar-refractivity contribution in [2.45, 2.75) is 6.42 Å². The van der Waals surface area contributed by atoms with Gasteiger partial charge in [-0.05, 0) is 6.07 Å². The highest BCUT2D eigenvalue weighted by Gasteiger charge is 2.10. The molecule has 1 rings (SSSR count). The molecule has 0 fully saturated rings. The van der Waals surface area contributed by atoms with Crippen LogP contribution in [0.15, 0.2) is 12.1 Å². The summed E-state index contributed by atoms with van der Waals surface area (Å²) in [6.07, 6.45) is -0.366. The molecule has 0 aromatic heterocycles. The number of nitriles is 2. The monoisotopic (exact) mass is 237 g/mol. The fraction of sp³-hybridized carbons (Fsp3) is 0.100. The van der Waals surface area contributed by atoms with Crippen molar-refractivity contribution in [2.75, 3.05) is 5.32 Å². The van der Waals surface area contributed by atoms with E-state index in [0.717, 1.165) is 12.1 Å². The van der Waals surface area contributed by atoms with E-state index in [-0.39, 0.29) is 22.7 Å². The molecule has 0 aliphatic heterocycles. The van der Waals surface area contributed by atoms with E-state index in [4.69, 9.17) is 22.1 Å². The van der Waals surface area contributed by atoms with E-state index in [1.807, 2.05) is 0 Å². The van der Waals surface area contributed by atoms with Gasteiger partial charge in [0.05, 0.1) is 22.3 Å². The molecule has 4 nitrogen and oxygen atoms in total. The Balaban J connectivity index is 3.05. The summed E-state index contributed by atoms with van der Waals surface area (Å²) in [7, 11) is 0. The SMILES string of the molecule is N#CCC(=O)Nc1cc(F)c(Cl)cc1C#N. The van der Waals surface area contributed by atoms with E-state index in [1.165, 1.54) is 0 Å². The Bertz CT molecular complexity index is 516. The van der Waals surface area contributed by atoms with Gasteiger partial charge in [-0.15, -0.1) is 0 Å². The predicted octanol–water partition coefficient (Wildman–Crippen LogP) is 2.20. The molecule has 16 heavy (non-hydrogen) atoms. The molecule has 1 aromatic carbocycles. The maximum Gasteiger partial charge on any atom is 0.238 e. The molecule has 1 aromatic rings. The first-order chi connectivity index (χ1) is 7.58. The van der Waals surface area contributed by atoms with Crippen LogP contribution in [0.5, 0.6) is 0 Å². The number of anilines is 1. The number of halogens is 2. The highest BCUT2D eigenvalue weighted by molar-refractivity contribution is 6.31. The van der Waals surface area contributed by atoms with Crippen LogP contribution in [0.2, 0.25) is 5.02 Å². The average molecular weight is 238 g/mol. The van der Waals surface area contributed by atoms with Crippen LogP contribution in [0, 0.1) is 28.5 Å². The van der Waals surface area contributed by atoms with E-state index >= 15 is 0 Å². The summed E-state index contributed by atoms with van der Waals surface area (Å²) in [4.78, 5) is 11.1. The zero-order valence-electron chi connectivity index (χ0n) is 7.92. The summed E-state index contributed by atoms with van der Waals surface area (Å²) >= 11 is 5.47. The van der Waals surface area contributed by atoms with E-state index in [1.54, 1.807) is 12.1 Å². The minimum absolute atomic E-state index is 0.00431. The second-order valence-corrected chi connectivity index (χ2v) is 3.21. The van der Waals surface area contributed by atoms with Crippen LogP contribution in [-0.2, 0) is 4.79 Å². The van der Waals surface area contributed by atoms with Gasteiger partial charge in [-0.25, -0.2) is 4.39 Å². The maximum absolute atomic E-state index is 13.1. The maximum atomic E-state index is 13.1. The smallest absolute Gasteiger partial charge is 0.238 e. The van der Waals surface area contributed by atoms with Crippen LogP contribution in [-0.4, -0.2) is 5.91 Å². The van der Waals surface area contributed by atoms with E-state index in [0.29, 0.717) is 0 Å². The van der Waals surface area contributed by atoms with Crippen LogP contribution in [0.4, 0.5) is 10.1 Å². The number of rotatable bonds is 2. The number of carbonyl (C=O) groups excluding carboxylic acids is 1. The number of carbonyl (C=O) groups is 1. The summed E-state index contributed by atoms with van der Waals surface area (Å²) in [5.74, 6) is -1.35. The van der Waals surface area contributed by atoms with Crippen LogP contribution in [0.25, 0.3) is 0 Å². The van der Waals surface area contributed by atoms with Crippen LogP contribution < -0.4 is 5.32 Å². The summed E-state index contributed by atoms with van der Waals surface area (Å²) in [5.41, 5.74) is 0.0438. The van der Waals surface area contributed by atoms with Crippen molar-refractivity contribution in [3.63, 3.8) is 0 Å². The Morgan fingerprint density at radius 3 is 2.75 bits per heavy atom. The average Bonchev–Trinajstić information content (AvgIpc) is 2.23. The molecule has 0 bridgehead atoms. The van der Waals surface area contributed by atoms with Gasteiger partial charge in [-0.2, -0.15) is 10.5 Å². The molecule has 0 aliphatic rings. The first-order valence-electron chi connectivity index (χ1n) is 4.14. The van der Waals surface area contributed by atoms with E-state index in [2.05, 4.69) is 5.32 Å². The van der Waals surface area contributed by atoms with Gasteiger partial charge >= 0.3 is 0 Å². The fourth-order valence-corrected chi connectivity index (χ4v) is 1.17. The summed E-state index contributed by atoms with van der Waals surface area (Å²) in [6, 6.07) is 5.45. The molecule has 0 atom stereocenters. The van der Waals surface area contributed by atoms with E-state index < -0.39 is 11.7 Å². The van der Waals surface area contributed by atoms with Crippen molar-refractivity contribution in [3.05, 3.63) is 28.5 Å². The summed E-state index contributed by atoms with van der Waals surface area (Å²) in [5, 5.41) is 19.0. The molecule has 0 saturated heterocycles. The van der Waals surface area contributed by atoms with Gasteiger partial charge < -0.3 is 5.32 Å². The number of nitrogens with zero attached hydrogens (tertiary/aromatic N) is 2. The highest BCUT2D eigenvalue weighted by Crippen LogP contribution is 2.23. The number of nitrogens with one attached hydrogen (secondary N) is 1. The number of benzene rings is 1. The van der Waals surface area contributed by atoms with Crippen molar-refractivity contribution >= 4 is 23.2 Å². The molecule has 80 valence electrons. The van der Waals surface area contributed by atoms with Crippen molar-refractivity contribution < 1.29 is 9.18 Å². The molecule has 0 aliphatic carbocycles. The molecule has 1 amide bonds. The van der Waals surface area contributed by atoms with Gasteiger partial charge in [-0.1, -0.05) is 11.6 Å². The minimum atomic E-state index is -0.743. The van der Waals surface area contributed by atoms with Gasteiger partial charge in [0.15, 0.2) is 0 Å². The number of hydrogen-bond donors (Lipinski definition) is 1.